The average molecular weight is 322 g/mol. The number of benzene rings is 1. The first-order valence-electron chi connectivity index (χ1n) is 7.27. The Morgan fingerprint density at radius 3 is 3.04 bits per heavy atom. The summed E-state index contributed by atoms with van der Waals surface area (Å²) in [5.41, 5.74) is 1.84. The van der Waals surface area contributed by atoms with Crippen molar-refractivity contribution >= 4 is 28.3 Å². The van der Waals surface area contributed by atoms with Crippen molar-refractivity contribution in [2.45, 2.75) is 0 Å². The van der Waals surface area contributed by atoms with Gasteiger partial charge in [-0.25, -0.2) is 4.98 Å². The Balaban J connectivity index is 1.74. The van der Waals surface area contributed by atoms with Crippen LogP contribution in [0.3, 0.4) is 0 Å². The number of carbonyl (C=O) groups is 1. The highest BCUT2D eigenvalue weighted by atomic mass is 16.5. The summed E-state index contributed by atoms with van der Waals surface area (Å²) in [7, 11) is 3.35. The van der Waals surface area contributed by atoms with Crippen molar-refractivity contribution in [3.8, 4) is 5.75 Å². The largest absolute Gasteiger partial charge is 0.496 e. The molecule has 0 aliphatic carbocycles. The summed E-state index contributed by atoms with van der Waals surface area (Å²) >= 11 is 0. The van der Waals surface area contributed by atoms with Crippen LogP contribution in [-0.2, 0) is 7.05 Å². The van der Waals surface area contributed by atoms with E-state index < -0.39 is 0 Å². The molecule has 0 fully saturated rings. The zero-order valence-electron chi connectivity index (χ0n) is 13.1. The molecule has 1 N–H and O–H groups in total. The van der Waals surface area contributed by atoms with Crippen LogP contribution in [0.5, 0.6) is 5.75 Å². The van der Waals surface area contributed by atoms with Gasteiger partial charge >= 0.3 is 0 Å². The second kappa shape index (κ2) is 5.34. The Kier molecular flexibility index (Phi) is 3.16. The molecule has 0 bridgehead atoms. The molecule has 0 aliphatic heterocycles. The monoisotopic (exact) mass is 322 g/mol. The van der Waals surface area contributed by atoms with E-state index in [9.17, 15) is 4.79 Å². The van der Waals surface area contributed by atoms with E-state index in [-0.39, 0.29) is 5.91 Å². The minimum atomic E-state index is -0.301. The van der Waals surface area contributed by atoms with Crippen LogP contribution < -0.4 is 10.1 Å². The summed E-state index contributed by atoms with van der Waals surface area (Å²) < 4.78 is 8.60. The van der Waals surface area contributed by atoms with E-state index in [2.05, 4.69) is 20.5 Å². The Hall–Kier alpha value is -3.42. The number of hydrogen-bond acceptors (Lipinski definition) is 5. The number of aryl methyl sites for hydroxylation is 1. The van der Waals surface area contributed by atoms with Crippen molar-refractivity contribution in [1.82, 2.24) is 24.4 Å². The number of aromatic nitrogens is 5. The van der Waals surface area contributed by atoms with Crippen molar-refractivity contribution in [3.63, 3.8) is 0 Å². The zero-order valence-corrected chi connectivity index (χ0v) is 13.1. The smallest absolute Gasteiger partial charge is 0.260 e. The zero-order chi connectivity index (χ0) is 16.7. The van der Waals surface area contributed by atoms with Crippen LogP contribution in [0, 0.1) is 0 Å². The molecule has 1 aromatic carbocycles. The number of methoxy groups -OCH3 is 1. The molecule has 0 atom stereocenters. The molecule has 0 spiro atoms. The third-order valence-corrected chi connectivity index (χ3v) is 3.70. The minimum Gasteiger partial charge on any atom is -0.496 e. The molecule has 8 heteroatoms. The van der Waals surface area contributed by atoms with E-state index in [4.69, 9.17) is 4.74 Å². The van der Waals surface area contributed by atoms with Gasteiger partial charge in [-0.15, -0.1) is 0 Å². The van der Waals surface area contributed by atoms with E-state index in [0.29, 0.717) is 22.8 Å². The third-order valence-electron chi connectivity index (χ3n) is 3.70. The van der Waals surface area contributed by atoms with Gasteiger partial charge in [0.05, 0.1) is 24.4 Å². The Morgan fingerprint density at radius 1 is 1.33 bits per heavy atom. The Labute approximate surface area is 136 Å². The number of ether oxygens (including phenoxy) is 1. The first-order valence-corrected chi connectivity index (χ1v) is 7.27. The summed E-state index contributed by atoms with van der Waals surface area (Å²) in [4.78, 5) is 16.9. The lowest BCUT2D eigenvalue weighted by Crippen LogP contribution is -2.15. The molecule has 0 radical (unpaired) electrons. The third kappa shape index (κ3) is 2.24. The molecular weight excluding hydrogens is 308 g/mol. The summed E-state index contributed by atoms with van der Waals surface area (Å²) in [6.07, 6.45) is 5.04. The fourth-order valence-corrected chi connectivity index (χ4v) is 2.62. The molecule has 0 unspecified atom stereocenters. The van der Waals surface area contributed by atoms with E-state index >= 15 is 0 Å². The SMILES string of the molecule is COc1cc2nn(C)cc2cc1C(=O)Nc1cnc2cccnn12. The summed E-state index contributed by atoms with van der Waals surface area (Å²) in [5, 5.41) is 12.2. The quantitative estimate of drug-likeness (QED) is 0.622. The highest BCUT2D eigenvalue weighted by Crippen LogP contribution is 2.26. The first kappa shape index (κ1) is 14.2. The molecule has 3 heterocycles. The van der Waals surface area contributed by atoms with E-state index in [1.54, 1.807) is 39.8 Å². The van der Waals surface area contributed by atoms with Crippen LogP contribution >= 0.6 is 0 Å². The molecule has 1 amide bonds. The molecule has 4 aromatic rings. The van der Waals surface area contributed by atoms with Gasteiger partial charge in [-0.2, -0.15) is 14.7 Å². The number of hydrogen-bond donors (Lipinski definition) is 1. The van der Waals surface area contributed by atoms with E-state index in [1.807, 2.05) is 19.3 Å². The van der Waals surface area contributed by atoms with Gasteiger partial charge in [0.25, 0.3) is 5.91 Å². The maximum Gasteiger partial charge on any atom is 0.260 e. The highest BCUT2D eigenvalue weighted by molar-refractivity contribution is 6.08. The van der Waals surface area contributed by atoms with Gasteiger partial charge in [0.1, 0.15) is 5.75 Å². The maximum atomic E-state index is 12.7. The lowest BCUT2D eigenvalue weighted by molar-refractivity contribution is 0.102. The predicted molar refractivity (Wildman–Crippen MR) is 88.2 cm³/mol. The summed E-state index contributed by atoms with van der Waals surface area (Å²) in [6, 6.07) is 7.10. The number of nitrogens with one attached hydrogen (secondary N) is 1. The molecule has 0 aliphatic rings. The van der Waals surface area contributed by atoms with Crippen LogP contribution in [0.1, 0.15) is 10.4 Å². The van der Waals surface area contributed by atoms with Gasteiger partial charge in [0, 0.05) is 30.9 Å². The van der Waals surface area contributed by atoms with Crippen molar-refractivity contribution in [3.05, 3.63) is 48.4 Å². The second-order valence-electron chi connectivity index (χ2n) is 5.31. The van der Waals surface area contributed by atoms with Crippen LogP contribution in [0.4, 0.5) is 5.82 Å². The van der Waals surface area contributed by atoms with Crippen molar-refractivity contribution in [1.29, 1.82) is 0 Å². The number of carbonyl (C=O) groups excluding carboxylic acids is 1. The molecular formula is C16H14N6O2. The number of anilines is 1. The van der Waals surface area contributed by atoms with Crippen LogP contribution in [0.25, 0.3) is 16.6 Å². The lowest BCUT2D eigenvalue weighted by atomic mass is 10.1. The standard InChI is InChI=1S/C16H14N6O2/c1-21-9-10-6-11(13(24-2)7-12(10)20-21)16(23)19-15-8-17-14-4-3-5-18-22(14)15/h3-9H,1-2H3,(H,19,23). The molecule has 120 valence electrons. The van der Waals surface area contributed by atoms with Gasteiger partial charge in [0.2, 0.25) is 0 Å². The van der Waals surface area contributed by atoms with Gasteiger partial charge in [-0.3, -0.25) is 9.48 Å². The van der Waals surface area contributed by atoms with Gasteiger partial charge < -0.3 is 10.1 Å². The maximum absolute atomic E-state index is 12.7. The molecule has 0 saturated carbocycles. The van der Waals surface area contributed by atoms with Crippen LogP contribution in [0.15, 0.2) is 42.9 Å². The summed E-state index contributed by atoms with van der Waals surface area (Å²) in [5.74, 6) is 0.648. The van der Waals surface area contributed by atoms with Gasteiger partial charge in [0.15, 0.2) is 11.5 Å². The molecule has 0 saturated heterocycles. The highest BCUT2D eigenvalue weighted by Gasteiger charge is 2.17. The first-order chi connectivity index (χ1) is 11.7. The fraction of sp³-hybridized carbons (Fsp3) is 0.125. The number of nitrogens with zero attached hydrogens (tertiary/aromatic N) is 5. The molecule has 24 heavy (non-hydrogen) atoms. The van der Waals surface area contributed by atoms with E-state index in [0.717, 1.165) is 10.9 Å². The van der Waals surface area contributed by atoms with Crippen molar-refractivity contribution < 1.29 is 9.53 Å². The summed E-state index contributed by atoms with van der Waals surface area (Å²) in [6.45, 7) is 0. The van der Waals surface area contributed by atoms with Crippen molar-refractivity contribution in [2.24, 2.45) is 7.05 Å². The lowest BCUT2D eigenvalue weighted by Gasteiger charge is -2.09. The van der Waals surface area contributed by atoms with Gasteiger partial charge in [-0.05, 0) is 18.2 Å². The van der Waals surface area contributed by atoms with Crippen LogP contribution in [0.2, 0.25) is 0 Å². The normalized spacial score (nSPS) is 11.1. The predicted octanol–water partition coefficient (Wildman–Crippen LogP) is 1.88. The minimum absolute atomic E-state index is 0.301. The average Bonchev–Trinajstić information content (AvgIpc) is 3.15. The number of fused-ring (bicyclic) bond motifs is 2. The number of imidazole rings is 1. The van der Waals surface area contributed by atoms with Crippen molar-refractivity contribution in [2.75, 3.05) is 12.4 Å². The van der Waals surface area contributed by atoms with E-state index in [1.165, 1.54) is 7.11 Å². The molecule has 8 nitrogen and oxygen atoms in total. The number of amides is 1. The Bertz CT molecular complexity index is 1060. The van der Waals surface area contributed by atoms with Gasteiger partial charge in [-0.1, -0.05) is 0 Å². The molecule has 4 rings (SSSR count). The molecule has 3 aromatic heterocycles. The Morgan fingerprint density at radius 2 is 2.21 bits per heavy atom. The topological polar surface area (TPSA) is 86.3 Å². The van der Waals surface area contributed by atoms with Crippen LogP contribution in [-0.4, -0.2) is 37.4 Å². The number of rotatable bonds is 3. The fourth-order valence-electron chi connectivity index (χ4n) is 2.62. The second-order valence-corrected chi connectivity index (χ2v) is 5.31.